The van der Waals surface area contributed by atoms with Crippen LogP contribution in [0.2, 0.25) is 0 Å². The summed E-state index contributed by atoms with van der Waals surface area (Å²) in [5.41, 5.74) is 6.10. The fourth-order valence-electron chi connectivity index (χ4n) is 3.42. The third kappa shape index (κ3) is 4.18. The van der Waals surface area contributed by atoms with Crippen LogP contribution in [0.1, 0.15) is 51.9 Å². The molecule has 1 amide bonds. The Morgan fingerprint density at radius 2 is 2.11 bits per heavy atom. The fourth-order valence-corrected chi connectivity index (χ4v) is 3.42. The topological polar surface area (TPSA) is 64.4 Å². The zero-order valence-corrected chi connectivity index (χ0v) is 12.1. The minimum absolute atomic E-state index is 0.000948. The van der Waals surface area contributed by atoms with Crippen molar-refractivity contribution in [3.8, 4) is 0 Å². The molecule has 1 saturated heterocycles. The Bertz CT molecular complexity index is 280. The predicted molar refractivity (Wildman–Crippen MR) is 75.7 cm³/mol. The molecule has 2 fully saturated rings. The quantitative estimate of drug-likeness (QED) is 0.817. The monoisotopic (exact) mass is 268 g/mol. The number of ether oxygens (including phenoxy) is 1. The van der Waals surface area contributed by atoms with Crippen LogP contribution >= 0.6 is 0 Å². The number of nitrogens with one attached hydrogen (secondary N) is 1. The summed E-state index contributed by atoms with van der Waals surface area (Å²) in [6.07, 6.45) is 8.09. The molecule has 19 heavy (non-hydrogen) atoms. The van der Waals surface area contributed by atoms with E-state index in [1.807, 2.05) is 0 Å². The summed E-state index contributed by atoms with van der Waals surface area (Å²) in [5.74, 6) is 0.561. The van der Waals surface area contributed by atoms with Gasteiger partial charge in [-0.25, -0.2) is 0 Å². The molecule has 1 aliphatic heterocycles. The van der Waals surface area contributed by atoms with Crippen molar-refractivity contribution in [1.29, 1.82) is 0 Å². The molecule has 3 N–H and O–H groups in total. The highest BCUT2D eigenvalue weighted by atomic mass is 16.5. The number of carbonyl (C=O) groups is 1. The molecular weight excluding hydrogens is 240 g/mol. The summed E-state index contributed by atoms with van der Waals surface area (Å²) in [6.45, 7) is 3.75. The van der Waals surface area contributed by atoms with Gasteiger partial charge in [0.05, 0.1) is 12.0 Å². The van der Waals surface area contributed by atoms with Gasteiger partial charge in [0, 0.05) is 19.2 Å². The molecule has 110 valence electrons. The third-order valence-electron chi connectivity index (χ3n) is 4.61. The summed E-state index contributed by atoms with van der Waals surface area (Å²) in [4.78, 5) is 12.2. The Morgan fingerprint density at radius 1 is 1.26 bits per heavy atom. The van der Waals surface area contributed by atoms with Gasteiger partial charge in [0.1, 0.15) is 0 Å². The number of hydrogen-bond acceptors (Lipinski definition) is 3. The van der Waals surface area contributed by atoms with Crippen LogP contribution in [0.25, 0.3) is 0 Å². The normalized spacial score (nSPS) is 35.9. The number of hydrogen-bond donors (Lipinski definition) is 2. The summed E-state index contributed by atoms with van der Waals surface area (Å²) >= 11 is 0. The van der Waals surface area contributed by atoms with E-state index in [9.17, 15) is 4.79 Å². The van der Waals surface area contributed by atoms with Crippen molar-refractivity contribution in [3.63, 3.8) is 0 Å². The SMILES string of the molecule is CC1CCCC(N)C1C(=O)NCCC1CCCCO1. The van der Waals surface area contributed by atoms with Crippen LogP contribution in [0, 0.1) is 11.8 Å². The molecule has 4 nitrogen and oxygen atoms in total. The maximum absolute atomic E-state index is 12.2. The Labute approximate surface area is 116 Å². The molecule has 2 aliphatic rings. The lowest BCUT2D eigenvalue weighted by Crippen LogP contribution is -2.47. The van der Waals surface area contributed by atoms with Gasteiger partial charge in [-0.05, 0) is 44.4 Å². The molecule has 0 bridgehead atoms. The minimum Gasteiger partial charge on any atom is -0.378 e. The average molecular weight is 268 g/mol. The molecule has 0 spiro atoms. The second-order valence-electron chi connectivity index (χ2n) is 6.17. The molecule has 0 aromatic heterocycles. The highest BCUT2D eigenvalue weighted by Crippen LogP contribution is 2.29. The van der Waals surface area contributed by atoms with Crippen molar-refractivity contribution in [2.45, 2.75) is 64.0 Å². The molecule has 0 aromatic carbocycles. The fraction of sp³-hybridized carbons (Fsp3) is 0.933. The molecular formula is C15H28N2O2. The Hall–Kier alpha value is -0.610. The number of nitrogens with two attached hydrogens (primary N) is 1. The van der Waals surface area contributed by atoms with Crippen LogP contribution in [0.5, 0.6) is 0 Å². The lowest BCUT2D eigenvalue weighted by atomic mass is 9.76. The maximum Gasteiger partial charge on any atom is 0.224 e. The Balaban J connectivity index is 1.70. The molecule has 4 atom stereocenters. The maximum atomic E-state index is 12.2. The molecule has 1 aliphatic carbocycles. The average Bonchev–Trinajstić information content (AvgIpc) is 2.40. The molecule has 0 aromatic rings. The smallest absolute Gasteiger partial charge is 0.224 e. The van der Waals surface area contributed by atoms with Crippen LogP contribution in [-0.4, -0.2) is 31.2 Å². The second kappa shape index (κ2) is 7.25. The van der Waals surface area contributed by atoms with Gasteiger partial charge in [0.15, 0.2) is 0 Å². The molecule has 1 saturated carbocycles. The highest BCUT2D eigenvalue weighted by molar-refractivity contribution is 5.79. The van der Waals surface area contributed by atoms with Gasteiger partial charge < -0.3 is 15.8 Å². The van der Waals surface area contributed by atoms with Crippen LogP contribution in [0.4, 0.5) is 0 Å². The van der Waals surface area contributed by atoms with Crippen LogP contribution in [-0.2, 0) is 9.53 Å². The molecule has 4 heteroatoms. The minimum atomic E-state index is 0.000948. The van der Waals surface area contributed by atoms with E-state index in [2.05, 4.69) is 12.2 Å². The van der Waals surface area contributed by atoms with E-state index in [1.165, 1.54) is 12.8 Å². The first-order valence-electron chi connectivity index (χ1n) is 7.83. The highest BCUT2D eigenvalue weighted by Gasteiger charge is 2.33. The van der Waals surface area contributed by atoms with Gasteiger partial charge in [0.2, 0.25) is 5.91 Å². The first-order valence-corrected chi connectivity index (χ1v) is 7.83. The van der Waals surface area contributed by atoms with Gasteiger partial charge in [-0.1, -0.05) is 13.3 Å². The third-order valence-corrected chi connectivity index (χ3v) is 4.61. The van der Waals surface area contributed by atoms with E-state index in [-0.39, 0.29) is 17.9 Å². The van der Waals surface area contributed by atoms with Crippen LogP contribution < -0.4 is 11.1 Å². The zero-order chi connectivity index (χ0) is 13.7. The molecule has 2 rings (SSSR count). The van der Waals surface area contributed by atoms with E-state index in [4.69, 9.17) is 10.5 Å². The van der Waals surface area contributed by atoms with Crippen molar-refractivity contribution in [1.82, 2.24) is 5.32 Å². The molecule has 4 unspecified atom stereocenters. The summed E-state index contributed by atoms with van der Waals surface area (Å²) in [5, 5.41) is 3.06. The van der Waals surface area contributed by atoms with Gasteiger partial charge >= 0.3 is 0 Å². The largest absolute Gasteiger partial charge is 0.378 e. The number of amides is 1. The van der Waals surface area contributed by atoms with Gasteiger partial charge in [-0.2, -0.15) is 0 Å². The van der Waals surface area contributed by atoms with Crippen molar-refractivity contribution in [2.75, 3.05) is 13.2 Å². The van der Waals surface area contributed by atoms with Crippen molar-refractivity contribution >= 4 is 5.91 Å². The lowest BCUT2D eigenvalue weighted by molar-refractivity contribution is -0.128. The van der Waals surface area contributed by atoms with Crippen molar-refractivity contribution in [3.05, 3.63) is 0 Å². The van der Waals surface area contributed by atoms with Crippen LogP contribution in [0.3, 0.4) is 0 Å². The van der Waals surface area contributed by atoms with Gasteiger partial charge in [-0.15, -0.1) is 0 Å². The van der Waals surface area contributed by atoms with E-state index in [0.717, 1.165) is 45.3 Å². The van der Waals surface area contributed by atoms with Gasteiger partial charge in [0.25, 0.3) is 0 Å². The zero-order valence-electron chi connectivity index (χ0n) is 12.1. The Kier molecular flexibility index (Phi) is 5.64. The predicted octanol–water partition coefficient (Wildman–Crippen LogP) is 1.83. The van der Waals surface area contributed by atoms with E-state index in [1.54, 1.807) is 0 Å². The summed E-state index contributed by atoms with van der Waals surface area (Å²) in [6, 6.07) is 0.0367. The van der Waals surface area contributed by atoms with Gasteiger partial charge in [-0.3, -0.25) is 4.79 Å². The second-order valence-corrected chi connectivity index (χ2v) is 6.17. The summed E-state index contributed by atoms with van der Waals surface area (Å²) in [7, 11) is 0. The summed E-state index contributed by atoms with van der Waals surface area (Å²) < 4.78 is 5.67. The van der Waals surface area contributed by atoms with E-state index >= 15 is 0 Å². The van der Waals surface area contributed by atoms with E-state index in [0.29, 0.717) is 12.0 Å². The van der Waals surface area contributed by atoms with Crippen molar-refractivity contribution in [2.24, 2.45) is 17.6 Å². The Morgan fingerprint density at radius 3 is 2.79 bits per heavy atom. The molecule has 1 heterocycles. The first kappa shape index (κ1) is 14.8. The lowest BCUT2D eigenvalue weighted by Gasteiger charge is -2.33. The van der Waals surface area contributed by atoms with E-state index < -0.39 is 0 Å². The number of rotatable bonds is 4. The van der Waals surface area contributed by atoms with Crippen molar-refractivity contribution < 1.29 is 9.53 Å². The first-order chi connectivity index (χ1) is 9.18. The number of carbonyl (C=O) groups excluding carboxylic acids is 1. The molecule has 0 radical (unpaired) electrons. The standard InChI is InChI=1S/C15H28N2O2/c1-11-5-4-7-13(16)14(11)15(18)17-9-8-12-6-2-3-10-19-12/h11-14H,2-10,16H2,1H3,(H,17,18). The van der Waals surface area contributed by atoms with Crippen LogP contribution in [0.15, 0.2) is 0 Å².